The maximum atomic E-state index is 10.4. The van der Waals surface area contributed by atoms with Crippen molar-refractivity contribution < 1.29 is 11.0 Å². The van der Waals surface area contributed by atoms with E-state index in [4.69, 9.17) is 10.5 Å². The predicted molar refractivity (Wildman–Crippen MR) is 73.3 cm³/mol. The molecule has 0 heterocycles. The Labute approximate surface area is 105 Å². The minimum absolute atomic E-state index is 0. The maximum absolute atomic E-state index is 10.4. The van der Waals surface area contributed by atoms with Crippen LogP contribution in [-0.4, -0.2) is 19.0 Å². The largest absolute Gasteiger partial charge is 0.379 e. The third-order valence-corrected chi connectivity index (χ3v) is 2.31. The number of carbonyl (C=O) groups is 1. The van der Waals surface area contributed by atoms with Crippen LogP contribution in [0.1, 0.15) is 43.7 Å². The zero-order valence-electron chi connectivity index (χ0n) is 11.4. The number of aryl methyl sites for hydroxylation is 1. The fraction of sp³-hybridized carbons (Fsp3) is 0.500. The van der Waals surface area contributed by atoms with E-state index in [0.717, 1.165) is 23.0 Å². The molecule has 0 bridgehead atoms. The second kappa shape index (κ2) is 7.20. The number of ether oxygens (including phenoxy) is 1. The van der Waals surface area contributed by atoms with Crippen molar-refractivity contribution in [3.05, 3.63) is 34.9 Å². The van der Waals surface area contributed by atoms with E-state index < -0.39 is 0 Å². The van der Waals surface area contributed by atoms with Gasteiger partial charge in [-0.05, 0) is 38.8 Å². The zero-order chi connectivity index (χ0) is 13.5. The van der Waals surface area contributed by atoms with Crippen molar-refractivity contribution in [2.45, 2.75) is 39.8 Å². The first-order valence-electron chi connectivity index (χ1n) is 5.64. The van der Waals surface area contributed by atoms with Crippen LogP contribution in [0.4, 0.5) is 0 Å². The molecule has 98 valence electrons. The van der Waals surface area contributed by atoms with Gasteiger partial charge in [0.05, 0.1) is 5.60 Å². The van der Waals surface area contributed by atoms with Crippen LogP contribution in [0.15, 0.2) is 18.2 Å². The second-order valence-corrected chi connectivity index (χ2v) is 4.83. The quantitative estimate of drug-likeness (QED) is 0.807. The SMILES string of the molecule is COC(C)(C)C.Cc1cc(CN)ccc1C=O.[HH]. The minimum atomic E-state index is 0. The van der Waals surface area contributed by atoms with E-state index in [1.54, 1.807) is 13.2 Å². The van der Waals surface area contributed by atoms with Crippen LogP contribution < -0.4 is 5.73 Å². The monoisotopic (exact) mass is 239 g/mol. The highest BCUT2D eigenvalue weighted by Gasteiger charge is 2.04. The maximum Gasteiger partial charge on any atom is 0.150 e. The van der Waals surface area contributed by atoms with Crippen LogP contribution in [0.5, 0.6) is 0 Å². The molecular formula is C14H25NO2. The van der Waals surface area contributed by atoms with Crippen molar-refractivity contribution in [1.82, 2.24) is 0 Å². The lowest BCUT2D eigenvalue weighted by Crippen LogP contribution is -2.15. The summed E-state index contributed by atoms with van der Waals surface area (Å²) in [5.41, 5.74) is 8.25. The van der Waals surface area contributed by atoms with E-state index in [9.17, 15) is 4.79 Å². The number of hydrogen-bond donors (Lipinski definition) is 1. The van der Waals surface area contributed by atoms with Gasteiger partial charge in [-0.2, -0.15) is 0 Å². The highest BCUT2D eigenvalue weighted by Crippen LogP contribution is 2.08. The molecule has 0 fully saturated rings. The van der Waals surface area contributed by atoms with E-state index in [1.807, 2.05) is 39.8 Å². The van der Waals surface area contributed by atoms with Gasteiger partial charge < -0.3 is 10.5 Å². The lowest BCUT2D eigenvalue weighted by molar-refractivity contribution is 0.0397. The summed E-state index contributed by atoms with van der Waals surface area (Å²) in [7, 11) is 1.71. The Kier molecular flexibility index (Phi) is 6.69. The van der Waals surface area contributed by atoms with Crippen molar-refractivity contribution in [3.63, 3.8) is 0 Å². The van der Waals surface area contributed by atoms with Crippen LogP contribution in [-0.2, 0) is 11.3 Å². The Morgan fingerprint density at radius 3 is 2.24 bits per heavy atom. The summed E-state index contributed by atoms with van der Waals surface area (Å²) < 4.78 is 4.94. The molecule has 0 unspecified atom stereocenters. The van der Waals surface area contributed by atoms with Crippen molar-refractivity contribution in [3.8, 4) is 0 Å². The van der Waals surface area contributed by atoms with Crippen molar-refractivity contribution in [2.75, 3.05) is 7.11 Å². The molecule has 0 radical (unpaired) electrons. The normalized spacial score (nSPS) is 10.5. The number of benzene rings is 1. The summed E-state index contributed by atoms with van der Waals surface area (Å²) in [4.78, 5) is 10.4. The second-order valence-electron chi connectivity index (χ2n) is 4.83. The van der Waals surface area contributed by atoms with Gasteiger partial charge in [0, 0.05) is 20.6 Å². The van der Waals surface area contributed by atoms with Gasteiger partial charge in [-0.1, -0.05) is 18.2 Å². The fourth-order valence-electron chi connectivity index (χ4n) is 0.997. The Morgan fingerprint density at radius 2 is 1.94 bits per heavy atom. The van der Waals surface area contributed by atoms with E-state index in [2.05, 4.69) is 0 Å². The summed E-state index contributed by atoms with van der Waals surface area (Å²) in [6.07, 6.45) is 0.857. The molecule has 1 aromatic carbocycles. The number of aldehydes is 1. The Hall–Kier alpha value is -1.19. The first-order chi connectivity index (χ1) is 7.84. The van der Waals surface area contributed by atoms with Gasteiger partial charge >= 0.3 is 0 Å². The van der Waals surface area contributed by atoms with Crippen molar-refractivity contribution >= 4 is 6.29 Å². The predicted octanol–water partition coefficient (Wildman–Crippen LogP) is 2.94. The van der Waals surface area contributed by atoms with Gasteiger partial charge in [-0.3, -0.25) is 4.79 Å². The lowest BCUT2D eigenvalue weighted by Gasteiger charge is -2.14. The molecule has 0 amide bonds. The molecule has 0 spiro atoms. The Bertz CT molecular complexity index is 359. The van der Waals surface area contributed by atoms with E-state index in [0.29, 0.717) is 6.54 Å². The smallest absolute Gasteiger partial charge is 0.150 e. The molecule has 0 saturated heterocycles. The highest BCUT2D eigenvalue weighted by molar-refractivity contribution is 5.77. The van der Waals surface area contributed by atoms with E-state index >= 15 is 0 Å². The number of nitrogens with two attached hydrogens (primary N) is 1. The van der Waals surface area contributed by atoms with Crippen molar-refractivity contribution in [2.24, 2.45) is 5.73 Å². The van der Waals surface area contributed by atoms with Crippen LogP contribution in [0.3, 0.4) is 0 Å². The molecule has 0 aliphatic rings. The van der Waals surface area contributed by atoms with Crippen LogP contribution >= 0.6 is 0 Å². The molecule has 3 heteroatoms. The molecule has 1 aromatic rings. The summed E-state index contributed by atoms with van der Waals surface area (Å²) >= 11 is 0. The third-order valence-electron chi connectivity index (χ3n) is 2.31. The van der Waals surface area contributed by atoms with Crippen LogP contribution in [0.2, 0.25) is 0 Å². The summed E-state index contributed by atoms with van der Waals surface area (Å²) in [6, 6.07) is 5.60. The molecule has 0 aromatic heterocycles. The molecule has 0 saturated carbocycles. The van der Waals surface area contributed by atoms with Gasteiger partial charge in [0.25, 0.3) is 0 Å². The first-order valence-corrected chi connectivity index (χ1v) is 5.64. The number of hydrogen-bond acceptors (Lipinski definition) is 3. The standard InChI is InChI=1S/C9H11NO.C5H12O.H2/c1-7-4-8(5-10)2-3-9(7)6-11;1-5(2,3)6-4;/h2-4,6H,5,10H2,1H3;1-4H3;1H. The molecule has 2 N–H and O–H groups in total. The summed E-state index contributed by atoms with van der Waals surface area (Å²) in [5, 5.41) is 0. The molecular weight excluding hydrogens is 214 g/mol. The van der Waals surface area contributed by atoms with E-state index in [-0.39, 0.29) is 7.03 Å². The lowest BCUT2D eigenvalue weighted by atomic mass is 10.1. The zero-order valence-corrected chi connectivity index (χ0v) is 11.4. The molecule has 1 rings (SSSR count). The fourth-order valence-corrected chi connectivity index (χ4v) is 0.997. The molecule has 0 aliphatic carbocycles. The van der Waals surface area contributed by atoms with Crippen LogP contribution in [0, 0.1) is 6.92 Å². The Morgan fingerprint density at radius 1 is 1.41 bits per heavy atom. The average molecular weight is 239 g/mol. The number of methoxy groups -OCH3 is 1. The molecule has 0 aliphatic heterocycles. The summed E-state index contributed by atoms with van der Waals surface area (Å²) in [5.74, 6) is 0. The number of rotatable bonds is 2. The highest BCUT2D eigenvalue weighted by atomic mass is 16.5. The molecule has 0 atom stereocenters. The number of carbonyl (C=O) groups excluding carboxylic acids is 1. The van der Waals surface area contributed by atoms with Gasteiger partial charge in [0.1, 0.15) is 6.29 Å². The van der Waals surface area contributed by atoms with E-state index in [1.165, 1.54) is 0 Å². The average Bonchev–Trinajstić information content (AvgIpc) is 2.28. The summed E-state index contributed by atoms with van der Waals surface area (Å²) in [6.45, 7) is 8.50. The first kappa shape index (κ1) is 15.8. The molecule has 3 nitrogen and oxygen atoms in total. The van der Waals surface area contributed by atoms with Gasteiger partial charge in [0.2, 0.25) is 0 Å². The van der Waals surface area contributed by atoms with Crippen molar-refractivity contribution in [1.29, 1.82) is 0 Å². The van der Waals surface area contributed by atoms with Gasteiger partial charge in [-0.25, -0.2) is 0 Å². The van der Waals surface area contributed by atoms with Crippen LogP contribution in [0.25, 0.3) is 0 Å². The Balaban J connectivity index is 0. The minimum Gasteiger partial charge on any atom is -0.379 e. The van der Waals surface area contributed by atoms with Gasteiger partial charge in [-0.15, -0.1) is 0 Å². The topological polar surface area (TPSA) is 52.3 Å². The third kappa shape index (κ3) is 6.87. The van der Waals surface area contributed by atoms with Gasteiger partial charge in [0.15, 0.2) is 0 Å². The molecule has 17 heavy (non-hydrogen) atoms.